The molecule has 0 atom stereocenters. The van der Waals surface area contributed by atoms with Gasteiger partial charge in [-0.05, 0) is 43.4 Å². The van der Waals surface area contributed by atoms with E-state index in [1.807, 2.05) is 19.2 Å². The summed E-state index contributed by atoms with van der Waals surface area (Å²) in [4.78, 5) is 6.83. The molecule has 0 amide bonds. The van der Waals surface area contributed by atoms with E-state index >= 15 is 0 Å². The number of methoxy groups -OCH3 is 3. The number of likely N-dealkylation sites (N-methyl/N-ethyl adjacent to an activating group) is 1. The Morgan fingerprint density at radius 1 is 1.14 bits per heavy atom. The van der Waals surface area contributed by atoms with Crippen molar-refractivity contribution in [2.24, 2.45) is 10.9 Å². The van der Waals surface area contributed by atoms with Gasteiger partial charge in [0.25, 0.3) is 0 Å². The van der Waals surface area contributed by atoms with Gasteiger partial charge < -0.3 is 29.2 Å². The molecular formula is C20H34IN3O4. The van der Waals surface area contributed by atoms with E-state index in [9.17, 15) is 0 Å². The number of hydrogen-bond donors (Lipinski definition) is 1. The van der Waals surface area contributed by atoms with Crippen molar-refractivity contribution in [3.05, 3.63) is 17.7 Å². The number of aliphatic imine (C=N–C) groups is 1. The van der Waals surface area contributed by atoms with Crippen LogP contribution in [0.2, 0.25) is 0 Å². The van der Waals surface area contributed by atoms with Gasteiger partial charge in [0.1, 0.15) is 0 Å². The number of benzene rings is 1. The van der Waals surface area contributed by atoms with Crippen LogP contribution < -0.4 is 19.5 Å². The fourth-order valence-corrected chi connectivity index (χ4v) is 2.70. The average Bonchev–Trinajstić information content (AvgIpc) is 3.51. The zero-order valence-electron chi connectivity index (χ0n) is 17.6. The Morgan fingerprint density at radius 2 is 1.79 bits per heavy atom. The second-order valence-corrected chi connectivity index (χ2v) is 6.64. The minimum atomic E-state index is 0. The number of rotatable bonds is 11. The van der Waals surface area contributed by atoms with Gasteiger partial charge in [-0.25, -0.2) is 4.99 Å². The summed E-state index contributed by atoms with van der Waals surface area (Å²) in [7, 11) is 6.85. The summed E-state index contributed by atoms with van der Waals surface area (Å²) in [5.74, 6) is 3.49. The molecule has 0 bridgehead atoms. The number of ether oxygens (including phenoxy) is 4. The molecule has 160 valence electrons. The van der Waals surface area contributed by atoms with E-state index in [0.717, 1.165) is 37.1 Å². The Kier molecular flexibility index (Phi) is 11.4. The zero-order chi connectivity index (χ0) is 19.6. The number of guanidine groups is 1. The third kappa shape index (κ3) is 7.54. The largest absolute Gasteiger partial charge is 0.493 e. The van der Waals surface area contributed by atoms with Crippen LogP contribution in [0, 0.1) is 5.92 Å². The quantitative estimate of drug-likeness (QED) is 0.215. The molecule has 1 N–H and O–H groups in total. The Balaban J connectivity index is 0.00000392. The second kappa shape index (κ2) is 12.9. The summed E-state index contributed by atoms with van der Waals surface area (Å²) in [5, 5.41) is 3.33. The minimum absolute atomic E-state index is 0. The second-order valence-electron chi connectivity index (χ2n) is 6.64. The van der Waals surface area contributed by atoms with Crippen molar-refractivity contribution in [2.45, 2.75) is 26.3 Å². The fraction of sp³-hybridized carbons (Fsp3) is 0.650. The highest BCUT2D eigenvalue weighted by molar-refractivity contribution is 14.0. The van der Waals surface area contributed by atoms with Crippen LogP contribution in [0.3, 0.4) is 0 Å². The van der Waals surface area contributed by atoms with E-state index in [2.05, 4.69) is 17.1 Å². The lowest BCUT2D eigenvalue weighted by molar-refractivity contribution is 0.115. The summed E-state index contributed by atoms with van der Waals surface area (Å²) in [5.41, 5.74) is 0.985. The SMILES string of the molecule is CCNC(=NCc1cc(OC)c(OC)c(OC)c1)N(C)CCOCC1CC1.I. The third-order valence-electron chi connectivity index (χ3n) is 4.45. The lowest BCUT2D eigenvalue weighted by atomic mass is 10.2. The van der Waals surface area contributed by atoms with Crippen LogP contribution >= 0.6 is 24.0 Å². The Labute approximate surface area is 185 Å². The molecule has 1 fully saturated rings. The number of halogens is 1. The van der Waals surface area contributed by atoms with Gasteiger partial charge in [-0.1, -0.05) is 0 Å². The van der Waals surface area contributed by atoms with Crippen molar-refractivity contribution >= 4 is 29.9 Å². The molecule has 0 aromatic heterocycles. The summed E-state index contributed by atoms with van der Waals surface area (Å²) >= 11 is 0. The maximum Gasteiger partial charge on any atom is 0.203 e. The van der Waals surface area contributed by atoms with Gasteiger partial charge in [0, 0.05) is 26.7 Å². The van der Waals surface area contributed by atoms with Crippen LogP contribution in [0.5, 0.6) is 17.2 Å². The Hall–Kier alpha value is -1.42. The molecular weight excluding hydrogens is 473 g/mol. The highest BCUT2D eigenvalue weighted by Gasteiger charge is 2.21. The van der Waals surface area contributed by atoms with Crippen molar-refractivity contribution < 1.29 is 18.9 Å². The monoisotopic (exact) mass is 507 g/mol. The highest BCUT2D eigenvalue weighted by Crippen LogP contribution is 2.38. The molecule has 2 rings (SSSR count). The first-order chi connectivity index (χ1) is 13.1. The smallest absolute Gasteiger partial charge is 0.203 e. The molecule has 1 saturated carbocycles. The molecule has 0 saturated heterocycles. The summed E-state index contributed by atoms with van der Waals surface area (Å²) in [6.07, 6.45) is 2.63. The molecule has 1 aliphatic rings. The molecule has 0 radical (unpaired) electrons. The van der Waals surface area contributed by atoms with Crippen LogP contribution in [0.15, 0.2) is 17.1 Å². The number of nitrogens with zero attached hydrogens (tertiary/aromatic N) is 2. The van der Waals surface area contributed by atoms with Crippen LogP contribution in [-0.2, 0) is 11.3 Å². The van der Waals surface area contributed by atoms with E-state index in [0.29, 0.717) is 30.4 Å². The molecule has 1 aliphatic carbocycles. The molecule has 8 heteroatoms. The number of nitrogens with one attached hydrogen (secondary N) is 1. The highest BCUT2D eigenvalue weighted by atomic mass is 127. The Morgan fingerprint density at radius 3 is 2.29 bits per heavy atom. The van der Waals surface area contributed by atoms with Crippen LogP contribution in [0.4, 0.5) is 0 Å². The topological polar surface area (TPSA) is 64.6 Å². The maximum absolute atomic E-state index is 5.73. The predicted molar refractivity (Wildman–Crippen MR) is 123 cm³/mol. The molecule has 7 nitrogen and oxygen atoms in total. The molecule has 1 aromatic carbocycles. The van der Waals surface area contributed by atoms with Gasteiger partial charge in [0.15, 0.2) is 17.5 Å². The fourth-order valence-electron chi connectivity index (χ4n) is 2.70. The lowest BCUT2D eigenvalue weighted by Gasteiger charge is -2.22. The van der Waals surface area contributed by atoms with E-state index in [1.54, 1.807) is 21.3 Å². The van der Waals surface area contributed by atoms with Gasteiger partial charge in [0.2, 0.25) is 5.75 Å². The molecule has 28 heavy (non-hydrogen) atoms. The minimum Gasteiger partial charge on any atom is -0.493 e. The van der Waals surface area contributed by atoms with Crippen molar-refractivity contribution in [2.75, 3.05) is 54.7 Å². The van der Waals surface area contributed by atoms with Crippen LogP contribution in [0.1, 0.15) is 25.3 Å². The normalized spacial score (nSPS) is 13.5. The van der Waals surface area contributed by atoms with Gasteiger partial charge in [0.05, 0.1) is 34.5 Å². The summed E-state index contributed by atoms with van der Waals surface area (Å²) < 4.78 is 21.9. The number of hydrogen-bond acceptors (Lipinski definition) is 5. The lowest BCUT2D eigenvalue weighted by Crippen LogP contribution is -2.40. The van der Waals surface area contributed by atoms with Gasteiger partial charge >= 0.3 is 0 Å². The van der Waals surface area contributed by atoms with Gasteiger partial charge in [-0.3, -0.25) is 0 Å². The predicted octanol–water partition coefficient (Wildman–Crippen LogP) is 3.15. The van der Waals surface area contributed by atoms with Crippen LogP contribution in [-0.4, -0.2) is 65.5 Å². The molecule has 0 unspecified atom stereocenters. The maximum atomic E-state index is 5.73. The van der Waals surface area contributed by atoms with Crippen molar-refractivity contribution in [3.8, 4) is 17.2 Å². The van der Waals surface area contributed by atoms with Crippen molar-refractivity contribution in [1.82, 2.24) is 10.2 Å². The average molecular weight is 507 g/mol. The molecule has 0 heterocycles. The van der Waals surface area contributed by atoms with E-state index in [-0.39, 0.29) is 24.0 Å². The summed E-state index contributed by atoms with van der Waals surface area (Å²) in [6.45, 7) is 5.77. The van der Waals surface area contributed by atoms with E-state index in [4.69, 9.17) is 23.9 Å². The van der Waals surface area contributed by atoms with E-state index < -0.39 is 0 Å². The standard InChI is InChI=1S/C20H33N3O4.HI/c1-6-21-20(23(2)9-10-27-14-15-7-8-15)22-13-16-11-17(24-3)19(26-5)18(12-16)25-4;/h11-12,15H,6-10,13-14H2,1-5H3,(H,21,22);1H. The van der Waals surface area contributed by atoms with E-state index in [1.165, 1.54) is 12.8 Å². The Bertz CT molecular complexity index is 598. The first-order valence-corrected chi connectivity index (χ1v) is 9.49. The molecule has 0 aliphatic heterocycles. The van der Waals surface area contributed by atoms with Crippen molar-refractivity contribution in [1.29, 1.82) is 0 Å². The molecule has 0 spiro atoms. The van der Waals surface area contributed by atoms with Gasteiger partial charge in [-0.2, -0.15) is 0 Å². The van der Waals surface area contributed by atoms with Crippen molar-refractivity contribution in [3.63, 3.8) is 0 Å². The molecule has 1 aromatic rings. The third-order valence-corrected chi connectivity index (χ3v) is 4.45. The van der Waals surface area contributed by atoms with Crippen LogP contribution in [0.25, 0.3) is 0 Å². The van der Waals surface area contributed by atoms with Gasteiger partial charge in [-0.15, -0.1) is 24.0 Å². The zero-order valence-corrected chi connectivity index (χ0v) is 19.9. The first-order valence-electron chi connectivity index (χ1n) is 9.49. The summed E-state index contributed by atoms with van der Waals surface area (Å²) in [6, 6.07) is 3.85. The first kappa shape index (κ1) is 24.6.